The molecule has 1 N–H and O–H groups in total. The number of fused-ring (bicyclic) bond motifs is 1. The lowest BCUT2D eigenvalue weighted by Crippen LogP contribution is -2.12. The molecule has 3 rings (SSSR count). The molecule has 0 aromatic heterocycles. The molecule has 0 heterocycles. The maximum atomic E-state index is 12.3. The quantitative estimate of drug-likeness (QED) is 0.801. The molecule has 0 aliphatic carbocycles. The first-order valence-corrected chi connectivity index (χ1v) is 8.93. The van der Waals surface area contributed by atoms with Crippen molar-refractivity contribution in [2.75, 3.05) is 11.6 Å². The third-order valence-electron chi connectivity index (χ3n) is 3.55. The molecule has 0 radical (unpaired) electrons. The van der Waals surface area contributed by atoms with Gasteiger partial charge in [-0.05, 0) is 47.2 Å². The van der Waals surface area contributed by atoms with Crippen LogP contribution in [0.5, 0.6) is 0 Å². The highest BCUT2D eigenvalue weighted by molar-refractivity contribution is 7.90. The molecule has 23 heavy (non-hydrogen) atoms. The SMILES string of the molecule is CS(=O)(=O)c1ccc(C(=O)Nc2ccc3ccccc3c2)cc1. The fourth-order valence-electron chi connectivity index (χ4n) is 2.32. The molecule has 0 unspecified atom stereocenters. The minimum Gasteiger partial charge on any atom is -0.322 e. The molecule has 0 bridgehead atoms. The first-order chi connectivity index (χ1) is 10.9. The van der Waals surface area contributed by atoms with Gasteiger partial charge in [-0.3, -0.25) is 4.79 Å². The van der Waals surface area contributed by atoms with Gasteiger partial charge in [0.05, 0.1) is 4.90 Å². The van der Waals surface area contributed by atoms with E-state index in [4.69, 9.17) is 0 Å². The molecule has 0 aliphatic rings. The van der Waals surface area contributed by atoms with Crippen LogP contribution in [0.15, 0.2) is 71.6 Å². The van der Waals surface area contributed by atoms with E-state index in [-0.39, 0.29) is 10.8 Å². The number of carbonyl (C=O) groups excluding carboxylic acids is 1. The minimum absolute atomic E-state index is 0.194. The first-order valence-electron chi connectivity index (χ1n) is 7.04. The molecular formula is C18H15NO3S. The number of nitrogens with one attached hydrogen (secondary N) is 1. The Morgan fingerprint density at radius 1 is 0.870 bits per heavy atom. The molecule has 0 saturated heterocycles. The third kappa shape index (κ3) is 3.40. The standard InChI is InChI=1S/C18H15NO3S/c1-23(21,22)17-10-7-14(8-11-17)18(20)19-16-9-6-13-4-2-3-5-15(13)12-16/h2-12H,1H3,(H,19,20). The van der Waals surface area contributed by atoms with Crippen LogP contribution in [0.4, 0.5) is 5.69 Å². The zero-order valence-electron chi connectivity index (χ0n) is 12.5. The summed E-state index contributed by atoms with van der Waals surface area (Å²) in [7, 11) is -3.26. The Balaban J connectivity index is 1.82. The molecule has 0 atom stereocenters. The van der Waals surface area contributed by atoms with Crippen molar-refractivity contribution in [2.45, 2.75) is 4.90 Å². The van der Waals surface area contributed by atoms with Gasteiger partial charge in [0, 0.05) is 17.5 Å². The number of benzene rings is 3. The summed E-state index contributed by atoms with van der Waals surface area (Å²) in [6.07, 6.45) is 1.14. The number of carbonyl (C=O) groups is 1. The smallest absolute Gasteiger partial charge is 0.255 e. The van der Waals surface area contributed by atoms with Gasteiger partial charge in [-0.1, -0.05) is 30.3 Å². The highest BCUT2D eigenvalue weighted by Gasteiger charge is 2.10. The van der Waals surface area contributed by atoms with Gasteiger partial charge in [0.25, 0.3) is 5.91 Å². The Morgan fingerprint density at radius 3 is 2.17 bits per heavy atom. The number of sulfone groups is 1. The molecule has 116 valence electrons. The van der Waals surface area contributed by atoms with E-state index >= 15 is 0 Å². The Kier molecular flexibility index (Phi) is 3.88. The van der Waals surface area contributed by atoms with Crippen molar-refractivity contribution in [3.05, 3.63) is 72.3 Å². The molecule has 3 aromatic rings. The van der Waals surface area contributed by atoms with Crippen LogP contribution in [0.2, 0.25) is 0 Å². The Hall–Kier alpha value is -2.66. The maximum Gasteiger partial charge on any atom is 0.255 e. The van der Waals surface area contributed by atoms with Crippen molar-refractivity contribution in [1.82, 2.24) is 0 Å². The summed E-state index contributed by atoms with van der Waals surface area (Å²) in [6, 6.07) is 19.5. The van der Waals surface area contributed by atoms with E-state index in [1.807, 2.05) is 42.5 Å². The van der Waals surface area contributed by atoms with E-state index in [0.29, 0.717) is 11.3 Å². The number of rotatable bonds is 3. The monoisotopic (exact) mass is 325 g/mol. The lowest BCUT2D eigenvalue weighted by Gasteiger charge is -2.07. The summed E-state index contributed by atoms with van der Waals surface area (Å²) in [4.78, 5) is 12.4. The van der Waals surface area contributed by atoms with Gasteiger partial charge in [-0.15, -0.1) is 0 Å². The van der Waals surface area contributed by atoms with Crippen LogP contribution < -0.4 is 5.32 Å². The van der Waals surface area contributed by atoms with Crippen LogP contribution in [0.1, 0.15) is 10.4 Å². The summed E-state index contributed by atoms with van der Waals surface area (Å²) < 4.78 is 22.9. The topological polar surface area (TPSA) is 63.2 Å². The average molecular weight is 325 g/mol. The first kappa shape index (κ1) is 15.2. The van der Waals surface area contributed by atoms with E-state index in [2.05, 4.69) is 5.32 Å². The van der Waals surface area contributed by atoms with Crippen LogP contribution in [0, 0.1) is 0 Å². The second kappa shape index (κ2) is 5.85. The van der Waals surface area contributed by atoms with E-state index in [9.17, 15) is 13.2 Å². The number of hydrogen-bond acceptors (Lipinski definition) is 3. The van der Waals surface area contributed by atoms with Crippen LogP contribution in [-0.2, 0) is 9.84 Å². The number of amides is 1. The third-order valence-corrected chi connectivity index (χ3v) is 4.68. The fraction of sp³-hybridized carbons (Fsp3) is 0.0556. The maximum absolute atomic E-state index is 12.3. The summed E-state index contributed by atoms with van der Waals surface area (Å²) in [6.45, 7) is 0. The van der Waals surface area contributed by atoms with Gasteiger partial charge in [0.1, 0.15) is 0 Å². The predicted molar refractivity (Wildman–Crippen MR) is 91.5 cm³/mol. The Labute approximate surface area is 134 Å². The lowest BCUT2D eigenvalue weighted by atomic mass is 10.1. The van der Waals surface area contributed by atoms with Gasteiger partial charge >= 0.3 is 0 Å². The van der Waals surface area contributed by atoms with Crippen LogP contribution >= 0.6 is 0 Å². The molecule has 0 fully saturated rings. The van der Waals surface area contributed by atoms with E-state index in [1.165, 1.54) is 24.3 Å². The minimum atomic E-state index is -3.26. The molecule has 3 aromatic carbocycles. The Bertz CT molecular complexity index is 977. The van der Waals surface area contributed by atoms with Crippen molar-refractivity contribution >= 4 is 32.2 Å². The summed E-state index contributed by atoms with van der Waals surface area (Å²) in [5.41, 5.74) is 1.10. The number of anilines is 1. The van der Waals surface area contributed by atoms with Gasteiger partial charge in [-0.25, -0.2) is 8.42 Å². The fourth-order valence-corrected chi connectivity index (χ4v) is 2.95. The van der Waals surface area contributed by atoms with E-state index < -0.39 is 9.84 Å². The second-order valence-corrected chi connectivity index (χ2v) is 7.33. The zero-order valence-corrected chi connectivity index (χ0v) is 13.3. The normalized spacial score (nSPS) is 11.3. The van der Waals surface area contributed by atoms with Crippen LogP contribution in [0.25, 0.3) is 10.8 Å². The Morgan fingerprint density at radius 2 is 1.52 bits per heavy atom. The highest BCUT2D eigenvalue weighted by Crippen LogP contribution is 2.19. The van der Waals surface area contributed by atoms with Crippen molar-refractivity contribution in [3.8, 4) is 0 Å². The van der Waals surface area contributed by atoms with E-state index in [0.717, 1.165) is 17.0 Å². The van der Waals surface area contributed by atoms with Crippen molar-refractivity contribution in [2.24, 2.45) is 0 Å². The summed E-state index contributed by atoms with van der Waals surface area (Å²) in [5, 5.41) is 4.96. The largest absolute Gasteiger partial charge is 0.322 e. The molecule has 0 spiro atoms. The van der Waals surface area contributed by atoms with Gasteiger partial charge in [0.15, 0.2) is 9.84 Å². The summed E-state index contributed by atoms with van der Waals surface area (Å²) in [5.74, 6) is -0.277. The molecule has 0 aliphatic heterocycles. The average Bonchev–Trinajstić information content (AvgIpc) is 2.54. The van der Waals surface area contributed by atoms with Crippen molar-refractivity contribution in [1.29, 1.82) is 0 Å². The zero-order chi connectivity index (χ0) is 16.4. The summed E-state index contributed by atoms with van der Waals surface area (Å²) >= 11 is 0. The van der Waals surface area contributed by atoms with Gasteiger partial charge < -0.3 is 5.32 Å². The highest BCUT2D eigenvalue weighted by atomic mass is 32.2. The van der Waals surface area contributed by atoms with Gasteiger partial charge in [0.2, 0.25) is 0 Å². The lowest BCUT2D eigenvalue weighted by molar-refractivity contribution is 0.102. The molecule has 0 saturated carbocycles. The van der Waals surface area contributed by atoms with E-state index in [1.54, 1.807) is 0 Å². The van der Waals surface area contributed by atoms with Crippen molar-refractivity contribution < 1.29 is 13.2 Å². The molecule has 4 nitrogen and oxygen atoms in total. The van der Waals surface area contributed by atoms with Crippen molar-refractivity contribution in [3.63, 3.8) is 0 Å². The molecule has 1 amide bonds. The van der Waals surface area contributed by atoms with Gasteiger partial charge in [-0.2, -0.15) is 0 Å². The predicted octanol–water partition coefficient (Wildman–Crippen LogP) is 3.50. The second-order valence-electron chi connectivity index (χ2n) is 5.31. The molecular weight excluding hydrogens is 310 g/mol. The van der Waals surface area contributed by atoms with Crippen LogP contribution in [-0.4, -0.2) is 20.6 Å². The molecule has 5 heteroatoms. The van der Waals surface area contributed by atoms with Crippen LogP contribution in [0.3, 0.4) is 0 Å². The number of hydrogen-bond donors (Lipinski definition) is 1.